The van der Waals surface area contributed by atoms with E-state index in [4.69, 9.17) is 4.74 Å². The monoisotopic (exact) mass is 546 g/mol. The van der Waals surface area contributed by atoms with Crippen LogP contribution in [0.5, 0.6) is 5.75 Å². The zero-order valence-electron chi connectivity index (χ0n) is 23.4. The van der Waals surface area contributed by atoms with Gasteiger partial charge >= 0.3 is 0 Å². The van der Waals surface area contributed by atoms with E-state index in [1.54, 1.807) is 7.11 Å². The third-order valence-corrected chi connectivity index (χ3v) is 7.93. The maximum Gasteiger partial charge on any atom is 0.256 e. The number of aromatic amines is 1. The first-order chi connectivity index (χ1) is 20.0. The molecule has 7 nitrogen and oxygen atoms in total. The van der Waals surface area contributed by atoms with E-state index in [0.717, 1.165) is 70.3 Å². The number of amides is 2. The molecule has 2 aliphatic rings. The number of rotatable bonds is 8. The molecule has 0 radical (unpaired) electrons. The Morgan fingerprint density at radius 3 is 2.51 bits per heavy atom. The van der Waals surface area contributed by atoms with Crippen LogP contribution in [-0.4, -0.2) is 55.0 Å². The molecule has 3 heterocycles. The first kappa shape index (κ1) is 26.6. The first-order valence-electron chi connectivity index (χ1n) is 14.1. The van der Waals surface area contributed by atoms with Gasteiger partial charge in [-0.3, -0.25) is 9.59 Å². The number of anilines is 1. The lowest BCUT2D eigenvalue weighted by Gasteiger charge is -2.15. The Morgan fingerprint density at radius 2 is 1.73 bits per heavy atom. The lowest BCUT2D eigenvalue weighted by Crippen LogP contribution is -2.33. The zero-order valence-corrected chi connectivity index (χ0v) is 23.4. The number of methoxy groups -OCH3 is 1. The third-order valence-electron chi connectivity index (χ3n) is 7.93. The highest BCUT2D eigenvalue weighted by atomic mass is 16.5. The van der Waals surface area contributed by atoms with Crippen molar-refractivity contribution in [3.63, 3.8) is 0 Å². The molecule has 1 fully saturated rings. The van der Waals surface area contributed by atoms with Crippen molar-refractivity contribution >= 4 is 29.2 Å². The lowest BCUT2D eigenvalue weighted by atomic mass is 9.96. The molecule has 3 aromatic carbocycles. The van der Waals surface area contributed by atoms with Gasteiger partial charge in [-0.1, -0.05) is 60.7 Å². The maximum absolute atomic E-state index is 13.5. The molecule has 2 aliphatic heterocycles. The van der Waals surface area contributed by atoms with E-state index in [0.29, 0.717) is 17.7 Å². The highest BCUT2D eigenvalue weighted by molar-refractivity contribution is 6.35. The minimum atomic E-state index is -0.181. The van der Waals surface area contributed by atoms with E-state index in [1.165, 1.54) is 12.8 Å². The molecular weight excluding hydrogens is 512 g/mol. The van der Waals surface area contributed by atoms with E-state index >= 15 is 0 Å². The van der Waals surface area contributed by atoms with Crippen molar-refractivity contribution < 1.29 is 14.3 Å². The number of hydrogen-bond acceptors (Lipinski definition) is 4. The van der Waals surface area contributed by atoms with Crippen LogP contribution in [0.2, 0.25) is 0 Å². The molecule has 1 saturated heterocycles. The number of likely N-dealkylation sites (tertiary alicyclic amines) is 1. The van der Waals surface area contributed by atoms with Gasteiger partial charge in [0.25, 0.3) is 11.8 Å². The Morgan fingerprint density at radius 1 is 0.976 bits per heavy atom. The summed E-state index contributed by atoms with van der Waals surface area (Å²) in [7, 11) is 1.65. The fourth-order valence-corrected chi connectivity index (χ4v) is 5.90. The number of H-pyrrole nitrogens is 1. The predicted octanol–water partition coefficient (Wildman–Crippen LogP) is 5.98. The number of carbonyl (C=O) groups excluding carboxylic acids is 2. The first-order valence-corrected chi connectivity index (χ1v) is 14.1. The number of nitrogens with zero attached hydrogens (tertiary/aromatic N) is 1. The van der Waals surface area contributed by atoms with Gasteiger partial charge in [-0.25, -0.2) is 0 Å². The number of carbonyl (C=O) groups is 2. The summed E-state index contributed by atoms with van der Waals surface area (Å²) in [6.07, 6.45) is 4.30. The average Bonchev–Trinajstić information content (AvgIpc) is 3.71. The Hall–Kier alpha value is -4.62. The molecule has 0 atom stereocenters. The number of nitrogens with one attached hydrogen (secondary N) is 3. The van der Waals surface area contributed by atoms with Crippen molar-refractivity contribution in [2.75, 3.05) is 38.6 Å². The number of ether oxygens (including phenoxy) is 1. The van der Waals surface area contributed by atoms with E-state index in [9.17, 15) is 9.59 Å². The van der Waals surface area contributed by atoms with Crippen LogP contribution in [-0.2, 0) is 4.79 Å². The summed E-state index contributed by atoms with van der Waals surface area (Å²) in [5.74, 6) is 0.479. The van der Waals surface area contributed by atoms with E-state index in [1.807, 2.05) is 85.8 Å². The minimum Gasteiger partial charge on any atom is -0.496 e. The number of hydrogen-bond donors (Lipinski definition) is 3. The number of benzene rings is 3. The fraction of sp³-hybridized carbons (Fsp3) is 0.235. The van der Waals surface area contributed by atoms with Gasteiger partial charge in [0.05, 0.1) is 18.2 Å². The molecule has 0 spiro atoms. The predicted molar refractivity (Wildman–Crippen MR) is 164 cm³/mol. The summed E-state index contributed by atoms with van der Waals surface area (Å²) in [4.78, 5) is 32.5. The topological polar surface area (TPSA) is 86.5 Å². The van der Waals surface area contributed by atoms with Crippen LogP contribution < -0.4 is 15.4 Å². The van der Waals surface area contributed by atoms with Gasteiger partial charge in [0.1, 0.15) is 5.75 Å². The van der Waals surface area contributed by atoms with Gasteiger partial charge in [-0.2, -0.15) is 0 Å². The Bertz CT molecular complexity index is 1630. The summed E-state index contributed by atoms with van der Waals surface area (Å²) < 4.78 is 5.54. The summed E-state index contributed by atoms with van der Waals surface area (Å²) in [5, 5.41) is 6.16. The van der Waals surface area contributed by atoms with Crippen molar-refractivity contribution in [1.29, 1.82) is 0 Å². The van der Waals surface area contributed by atoms with Crippen LogP contribution in [0.25, 0.3) is 33.9 Å². The molecule has 208 valence electrons. The van der Waals surface area contributed by atoms with Gasteiger partial charge in [-0.15, -0.1) is 0 Å². The Balaban J connectivity index is 1.36. The van der Waals surface area contributed by atoms with Crippen molar-refractivity contribution in [3.8, 4) is 28.0 Å². The minimum absolute atomic E-state index is 0.112. The standard InChI is InChI=1S/C34H34N4O3/c1-22-31(34(40)35-16-19-38-17-8-9-18-38)32(23-10-4-3-5-11-23)29(36-22)21-27-26-15-14-24(20-28(26)37-33(27)39)25-12-6-7-13-30(25)41-2/h3-7,10-15,20-21,36H,8-9,16-19H2,1-2H3,(H,35,40)(H,37,39). The number of fused-ring (bicyclic) bond motifs is 1. The molecule has 0 bridgehead atoms. The Kier molecular flexibility index (Phi) is 7.44. The van der Waals surface area contributed by atoms with Gasteiger partial charge in [-0.05, 0) is 62.2 Å². The maximum atomic E-state index is 13.5. The van der Waals surface area contributed by atoms with Crippen molar-refractivity contribution in [3.05, 3.63) is 95.3 Å². The quantitative estimate of drug-likeness (QED) is 0.237. The van der Waals surface area contributed by atoms with E-state index in [2.05, 4.69) is 20.5 Å². The number of aromatic nitrogens is 1. The molecule has 2 amide bonds. The van der Waals surface area contributed by atoms with E-state index < -0.39 is 0 Å². The SMILES string of the molecule is COc1ccccc1-c1ccc2c(c1)NC(=O)C2=Cc1[nH]c(C)c(C(=O)NCCN2CCCC2)c1-c1ccccc1. The van der Waals surface area contributed by atoms with Crippen LogP contribution in [0.15, 0.2) is 72.8 Å². The molecule has 0 unspecified atom stereocenters. The van der Waals surface area contributed by atoms with Gasteiger partial charge in [0.2, 0.25) is 0 Å². The zero-order chi connectivity index (χ0) is 28.3. The molecule has 3 N–H and O–H groups in total. The van der Waals surface area contributed by atoms with Crippen LogP contribution in [0.1, 0.15) is 40.2 Å². The lowest BCUT2D eigenvalue weighted by molar-refractivity contribution is -0.110. The molecule has 4 aromatic rings. The van der Waals surface area contributed by atoms with Crippen molar-refractivity contribution in [2.45, 2.75) is 19.8 Å². The third kappa shape index (κ3) is 5.28. The summed E-state index contributed by atoms with van der Waals surface area (Å²) in [5.41, 5.74) is 7.82. The molecule has 7 heteroatoms. The van der Waals surface area contributed by atoms with Crippen molar-refractivity contribution in [2.24, 2.45) is 0 Å². The normalized spacial score (nSPS) is 15.7. The van der Waals surface area contributed by atoms with Crippen molar-refractivity contribution in [1.82, 2.24) is 15.2 Å². The molecule has 6 rings (SSSR count). The largest absolute Gasteiger partial charge is 0.496 e. The second-order valence-corrected chi connectivity index (χ2v) is 10.6. The van der Waals surface area contributed by atoms with Crippen LogP contribution in [0.3, 0.4) is 0 Å². The molecule has 0 aliphatic carbocycles. The molecule has 0 saturated carbocycles. The van der Waals surface area contributed by atoms with Crippen LogP contribution >= 0.6 is 0 Å². The average molecular weight is 547 g/mol. The number of para-hydroxylation sites is 1. The van der Waals surface area contributed by atoms with Gasteiger partial charge in [0.15, 0.2) is 0 Å². The highest BCUT2D eigenvalue weighted by Crippen LogP contribution is 2.40. The highest BCUT2D eigenvalue weighted by Gasteiger charge is 2.28. The summed E-state index contributed by atoms with van der Waals surface area (Å²) >= 11 is 0. The molecule has 41 heavy (non-hydrogen) atoms. The van der Waals surface area contributed by atoms with Crippen LogP contribution in [0, 0.1) is 6.92 Å². The van der Waals surface area contributed by atoms with Crippen LogP contribution in [0.4, 0.5) is 5.69 Å². The van der Waals surface area contributed by atoms with E-state index in [-0.39, 0.29) is 11.8 Å². The smallest absolute Gasteiger partial charge is 0.256 e. The molecule has 1 aromatic heterocycles. The fourth-order valence-electron chi connectivity index (χ4n) is 5.90. The number of aryl methyl sites for hydroxylation is 1. The van der Waals surface area contributed by atoms with Gasteiger partial charge in [0, 0.05) is 46.9 Å². The second-order valence-electron chi connectivity index (χ2n) is 10.6. The second kappa shape index (κ2) is 11.5. The Labute approximate surface area is 240 Å². The van der Waals surface area contributed by atoms with Gasteiger partial charge < -0.3 is 25.3 Å². The summed E-state index contributed by atoms with van der Waals surface area (Å²) in [6, 6.07) is 23.6. The summed E-state index contributed by atoms with van der Waals surface area (Å²) in [6.45, 7) is 5.54. The molecular formula is C34H34N4O3.